The Bertz CT molecular complexity index is 1460. The number of tetrazole rings is 1. The number of aromatic nitrogens is 4. The van der Waals surface area contributed by atoms with Gasteiger partial charge in [-0.2, -0.15) is 4.31 Å². The van der Waals surface area contributed by atoms with Crippen LogP contribution in [0.25, 0.3) is 5.69 Å². The Hall–Kier alpha value is -3.60. The highest BCUT2D eigenvalue weighted by Gasteiger charge is 2.30. The van der Waals surface area contributed by atoms with Gasteiger partial charge in [0.15, 0.2) is 0 Å². The van der Waals surface area contributed by atoms with E-state index in [9.17, 15) is 13.2 Å². The van der Waals surface area contributed by atoms with Gasteiger partial charge in [-0.1, -0.05) is 35.9 Å². The Morgan fingerprint density at radius 2 is 1.76 bits per heavy atom. The number of amides is 1. The summed E-state index contributed by atoms with van der Waals surface area (Å²) in [5.74, 6) is -0.452. The minimum atomic E-state index is -3.90. The second kappa shape index (κ2) is 8.98. The normalized spacial score (nSPS) is 13.9. The Morgan fingerprint density at radius 1 is 1.00 bits per heavy atom. The molecule has 1 aliphatic rings. The number of carbonyl (C=O) groups is 1. The van der Waals surface area contributed by atoms with Crippen molar-refractivity contribution in [3.8, 4) is 5.69 Å². The molecule has 0 spiro atoms. The van der Waals surface area contributed by atoms with E-state index in [-0.39, 0.29) is 22.0 Å². The van der Waals surface area contributed by atoms with Crippen LogP contribution in [0.4, 0.5) is 5.69 Å². The maximum Gasteiger partial charge on any atom is 0.255 e. The maximum atomic E-state index is 13.4. The molecule has 0 aliphatic carbocycles. The van der Waals surface area contributed by atoms with Crippen LogP contribution in [-0.4, -0.2) is 45.4 Å². The number of benzene rings is 3. The molecular formula is C23H19ClN6O3S. The summed E-state index contributed by atoms with van der Waals surface area (Å²) in [7, 11) is -3.90. The van der Waals surface area contributed by atoms with Crippen molar-refractivity contribution in [2.75, 3.05) is 11.9 Å². The Morgan fingerprint density at radius 3 is 2.50 bits per heavy atom. The molecule has 4 aromatic rings. The van der Waals surface area contributed by atoms with Crippen LogP contribution in [0.5, 0.6) is 0 Å². The number of anilines is 1. The van der Waals surface area contributed by atoms with Crippen molar-refractivity contribution in [2.45, 2.75) is 17.9 Å². The molecule has 2 heterocycles. The first-order valence-electron chi connectivity index (χ1n) is 10.4. The van der Waals surface area contributed by atoms with Crippen LogP contribution in [0.15, 0.2) is 78.0 Å². The zero-order chi connectivity index (χ0) is 23.7. The van der Waals surface area contributed by atoms with Gasteiger partial charge in [0.05, 0.1) is 10.7 Å². The first-order valence-corrected chi connectivity index (χ1v) is 12.2. The predicted octanol–water partition coefficient (Wildman–Crippen LogP) is 3.32. The molecule has 9 nitrogen and oxygen atoms in total. The van der Waals surface area contributed by atoms with Gasteiger partial charge in [0.25, 0.3) is 5.91 Å². The van der Waals surface area contributed by atoms with E-state index in [0.717, 1.165) is 16.8 Å². The van der Waals surface area contributed by atoms with E-state index in [4.69, 9.17) is 11.6 Å². The molecule has 0 unspecified atom stereocenters. The molecular weight excluding hydrogens is 476 g/mol. The lowest BCUT2D eigenvalue weighted by Gasteiger charge is -2.28. The fourth-order valence-corrected chi connectivity index (χ4v) is 5.76. The number of nitrogens with one attached hydrogen (secondary N) is 1. The van der Waals surface area contributed by atoms with E-state index >= 15 is 0 Å². The standard InChI is InChI=1S/C23H19ClN6O3S/c24-21-10-5-17(23(31)26-19-6-8-20(9-7-19)30-15-25-27-28-30)13-22(21)34(32,33)29-12-11-16-3-1-2-4-18(16)14-29/h1-10,13,15H,11-12,14H2,(H,26,31). The van der Waals surface area contributed by atoms with Crippen molar-refractivity contribution in [1.29, 1.82) is 0 Å². The highest BCUT2D eigenvalue weighted by Crippen LogP contribution is 2.30. The average Bonchev–Trinajstić information content (AvgIpc) is 3.39. The number of hydrogen-bond acceptors (Lipinski definition) is 6. The van der Waals surface area contributed by atoms with Gasteiger partial charge in [0.1, 0.15) is 11.2 Å². The summed E-state index contributed by atoms with van der Waals surface area (Å²) >= 11 is 6.28. The van der Waals surface area contributed by atoms with Crippen molar-refractivity contribution in [1.82, 2.24) is 24.5 Å². The largest absolute Gasteiger partial charge is 0.322 e. The van der Waals surface area contributed by atoms with E-state index < -0.39 is 15.9 Å². The fraction of sp³-hybridized carbons (Fsp3) is 0.130. The van der Waals surface area contributed by atoms with Crippen LogP contribution in [0.2, 0.25) is 5.02 Å². The lowest BCUT2D eigenvalue weighted by molar-refractivity contribution is 0.102. The Labute approximate surface area is 201 Å². The number of fused-ring (bicyclic) bond motifs is 1. The molecule has 1 aromatic heterocycles. The second-order valence-corrected chi connectivity index (χ2v) is 10.1. The molecule has 0 radical (unpaired) electrons. The zero-order valence-electron chi connectivity index (χ0n) is 17.8. The molecule has 5 rings (SSSR count). The molecule has 11 heteroatoms. The summed E-state index contributed by atoms with van der Waals surface area (Å²) in [4.78, 5) is 12.8. The summed E-state index contributed by atoms with van der Waals surface area (Å²) in [6.07, 6.45) is 2.08. The summed E-state index contributed by atoms with van der Waals surface area (Å²) in [5.41, 5.74) is 3.55. The van der Waals surface area contributed by atoms with E-state index in [1.807, 2.05) is 24.3 Å². The molecule has 1 aliphatic heterocycles. The Balaban J connectivity index is 1.36. The monoisotopic (exact) mass is 494 g/mol. The third kappa shape index (κ3) is 4.30. The minimum Gasteiger partial charge on any atom is -0.322 e. The van der Waals surface area contributed by atoms with E-state index in [2.05, 4.69) is 20.8 Å². The van der Waals surface area contributed by atoms with E-state index in [1.165, 1.54) is 33.5 Å². The molecule has 1 N–H and O–H groups in total. The molecule has 0 saturated carbocycles. The zero-order valence-corrected chi connectivity index (χ0v) is 19.4. The van der Waals surface area contributed by atoms with Crippen LogP contribution < -0.4 is 5.32 Å². The average molecular weight is 495 g/mol. The fourth-order valence-electron chi connectivity index (χ4n) is 3.84. The topological polar surface area (TPSA) is 110 Å². The number of rotatable bonds is 5. The molecule has 0 bridgehead atoms. The van der Waals surface area contributed by atoms with Crippen molar-refractivity contribution >= 4 is 33.2 Å². The summed E-state index contributed by atoms with van der Waals surface area (Å²) in [6.45, 7) is 0.610. The van der Waals surface area contributed by atoms with Gasteiger partial charge < -0.3 is 5.32 Å². The number of sulfonamides is 1. The van der Waals surface area contributed by atoms with Gasteiger partial charge in [-0.05, 0) is 70.4 Å². The van der Waals surface area contributed by atoms with Gasteiger partial charge in [0.2, 0.25) is 10.0 Å². The lowest BCUT2D eigenvalue weighted by Crippen LogP contribution is -2.36. The second-order valence-electron chi connectivity index (χ2n) is 7.76. The smallest absolute Gasteiger partial charge is 0.255 e. The van der Waals surface area contributed by atoms with Crippen LogP contribution in [0, 0.1) is 0 Å². The molecule has 0 saturated heterocycles. The number of nitrogens with zero attached hydrogens (tertiary/aromatic N) is 5. The van der Waals surface area contributed by atoms with E-state index in [1.54, 1.807) is 24.3 Å². The third-order valence-corrected chi connectivity index (χ3v) is 7.97. The molecule has 0 fully saturated rings. The summed E-state index contributed by atoms with van der Waals surface area (Å²) in [6, 6.07) is 18.9. The van der Waals surface area contributed by atoms with Crippen LogP contribution in [0.3, 0.4) is 0 Å². The van der Waals surface area contributed by atoms with Crippen molar-refractivity contribution in [3.05, 3.63) is 94.8 Å². The molecule has 3 aromatic carbocycles. The predicted molar refractivity (Wildman–Crippen MR) is 126 cm³/mol. The third-order valence-electron chi connectivity index (χ3n) is 5.65. The number of carbonyl (C=O) groups excluding carboxylic acids is 1. The van der Waals surface area contributed by atoms with Gasteiger partial charge >= 0.3 is 0 Å². The quantitative estimate of drug-likeness (QED) is 0.455. The molecule has 34 heavy (non-hydrogen) atoms. The maximum absolute atomic E-state index is 13.4. The van der Waals surface area contributed by atoms with Crippen molar-refractivity contribution in [2.24, 2.45) is 0 Å². The number of hydrogen-bond donors (Lipinski definition) is 1. The van der Waals surface area contributed by atoms with E-state index in [0.29, 0.717) is 18.7 Å². The van der Waals surface area contributed by atoms with Gasteiger partial charge in [-0.25, -0.2) is 13.1 Å². The van der Waals surface area contributed by atoms with Crippen LogP contribution in [-0.2, 0) is 23.0 Å². The Kier molecular flexibility index (Phi) is 5.86. The first kappa shape index (κ1) is 22.2. The first-order chi connectivity index (χ1) is 16.4. The van der Waals surface area contributed by atoms with Crippen molar-refractivity contribution < 1.29 is 13.2 Å². The minimum absolute atomic E-state index is 0.0706. The van der Waals surface area contributed by atoms with Gasteiger partial charge in [-0.3, -0.25) is 4.79 Å². The van der Waals surface area contributed by atoms with Crippen molar-refractivity contribution in [3.63, 3.8) is 0 Å². The lowest BCUT2D eigenvalue weighted by atomic mass is 10.0. The van der Waals surface area contributed by atoms with Crippen LogP contribution in [0.1, 0.15) is 21.5 Å². The molecule has 0 atom stereocenters. The van der Waals surface area contributed by atoms with Crippen LogP contribution >= 0.6 is 11.6 Å². The van der Waals surface area contributed by atoms with Gasteiger partial charge in [0, 0.05) is 24.3 Å². The van der Waals surface area contributed by atoms with Gasteiger partial charge in [-0.15, -0.1) is 5.10 Å². The summed E-state index contributed by atoms with van der Waals surface area (Å²) in [5, 5.41) is 13.8. The number of halogens is 1. The summed E-state index contributed by atoms with van der Waals surface area (Å²) < 4.78 is 29.7. The highest BCUT2D eigenvalue weighted by molar-refractivity contribution is 7.89. The SMILES string of the molecule is O=C(Nc1ccc(-n2cnnn2)cc1)c1ccc(Cl)c(S(=O)(=O)N2CCc3ccccc3C2)c1. The molecule has 172 valence electrons. The highest BCUT2D eigenvalue weighted by atomic mass is 35.5. The molecule has 1 amide bonds.